The Labute approximate surface area is 184 Å². The average Bonchev–Trinajstić information content (AvgIpc) is 3.41. The van der Waals surface area contributed by atoms with Gasteiger partial charge in [-0.25, -0.2) is 9.78 Å². The molecule has 3 aromatic rings. The number of hydrogen-bond donors (Lipinski definition) is 0. The number of nitrogens with zero attached hydrogens (tertiary/aromatic N) is 4. The van der Waals surface area contributed by atoms with Gasteiger partial charge in [0.05, 0.1) is 25.6 Å². The largest absolute Gasteiger partial charge is 0.497 e. The van der Waals surface area contributed by atoms with Gasteiger partial charge in [0.2, 0.25) is 5.65 Å². The van der Waals surface area contributed by atoms with Crippen molar-refractivity contribution in [2.24, 2.45) is 11.3 Å². The molecule has 0 aliphatic heterocycles. The lowest BCUT2D eigenvalue weighted by atomic mass is 9.80. The first-order chi connectivity index (χ1) is 15.5. The molecule has 1 fully saturated rings. The van der Waals surface area contributed by atoms with Crippen molar-refractivity contribution in [1.29, 1.82) is 0 Å². The highest BCUT2D eigenvalue weighted by Gasteiger charge is 2.51. The summed E-state index contributed by atoms with van der Waals surface area (Å²) in [4.78, 5) is 36.5. The molecular weight excluding hydrogens is 416 g/mol. The van der Waals surface area contributed by atoms with Gasteiger partial charge in [0.1, 0.15) is 23.6 Å². The normalized spacial score (nSPS) is 20.2. The number of ether oxygens (including phenoxy) is 3. The summed E-state index contributed by atoms with van der Waals surface area (Å²) in [6.07, 6.45) is 3.28. The molecule has 1 saturated carbocycles. The maximum Gasteiger partial charge on any atom is 0.339 e. The van der Waals surface area contributed by atoms with Crippen LogP contribution in [-0.4, -0.2) is 46.3 Å². The zero-order valence-electron chi connectivity index (χ0n) is 18.1. The molecule has 0 bridgehead atoms. The highest BCUT2D eigenvalue weighted by molar-refractivity contribution is 5.86. The highest BCUT2D eigenvalue weighted by Crippen LogP contribution is 2.44. The van der Waals surface area contributed by atoms with E-state index in [2.05, 4.69) is 15.3 Å². The van der Waals surface area contributed by atoms with E-state index in [4.69, 9.17) is 19.0 Å². The van der Waals surface area contributed by atoms with Crippen LogP contribution >= 0.6 is 0 Å². The SMILES string of the molecule is COc1ccc(COC(=O)[C@@]2(C)CCCC2C(=O)On2nnc3cccnc32)c(OC)c1. The van der Waals surface area contributed by atoms with E-state index in [9.17, 15) is 9.59 Å². The maximum atomic E-state index is 13.1. The van der Waals surface area contributed by atoms with Crippen molar-refractivity contribution in [3.05, 3.63) is 42.1 Å². The lowest BCUT2D eigenvalue weighted by Crippen LogP contribution is -2.41. The van der Waals surface area contributed by atoms with Crippen molar-refractivity contribution in [2.45, 2.75) is 32.8 Å². The van der Waals surface area contributed by atoms with E-state index in [0.29, 0.717) is 47.5 Å². The fourth-order valence-corrected chi connectivity index (χ4v) is 4.02. The number of fused-ring (bicyclic) bond motifs is 1. The molecule has 4 rings (SSSR count). The fraction of sp³-hybridized carbons (Fsp3) is 0.409. The third-order valence-electron chi connectivity index (χ3n) is 5.92. The molecule has 168 valence electrons. The second-order valence-corrected chi connectivity index (χ2v) is 7.84. The Balaban J connectivity index is 1.46. The van der Waals surface area contributed by atoms with Crippen LogP contribution in [0.3, 0.4) is 0 Å². The molecule has 2 heterocycles. The summed E-state index contributed by atoms with van der Waals surface area (Å²) in [5.41, 5.74) is 0.514. The van der Waals surface area contributed by atoms with Crippen molar-refractivity contribution in [3.8, 4) is 11.5 Å². The first-order valence-electron chi connectivity index (χ1n) is 10.2. The van der Waals surface area contributed by atoms with Gasteiger partial charge in [-0.2, -0.15) is 0 Å². The summed E-state index contributed by atoms with van der Waals surface area (Å²) >= 11 is 0. The summed E-state index contributed by atoms with van der Waals surface area (Å²) in [6.45, 7) is 1.75. The number of carbonyl (C=O) groups excluding carboxylic acids is 2. The Hall–Kier alpha value is -3.69. The summed E-state index contributed by atoms with van der Waals surface area (Å²) < 4.78 is 16.1. The number of methoxy groups -OCH3 is 2. The minimum absolute atomic E-state index is 0.0149. The van der Waals surface area contributed by atoms with Crippen LogP contribution in [0.15, 0.2) is 36.5 Å². The zero-order chi connectivity index (χ0) is 22.7. The number of pyridine rings is 1. The van der Waals surface area contributed by atoms with Crippen LogP contribution in [0.25, 0.3) is 11.2 Å². The van der Waals surface area contributed by atoms with E-state index in [1.54, 1.807) is 50.6 Å². The van der Waals surface area contributed by atoms with Crippen LogP contribution in [0.4, 0.5) is 0 Å². The Morgan fingerprint density at radius 3 is 2.84 bits per heavy atom. The molecule has 1 aliphatic carbocycles. The Morgan fingerprint density at radius 2 is 2.06 bits per heavy atom. The molecule has 2 atom stereocenters. The van der Waals surface area contributed by atoms with E-state index in [-0.39, 0.29) is 6.61 Å². The Morgan fingerprint density at radius 1 is 1.22 bits per heavy atom. The molecule has 1 aromatic carbocycles. The predicted octanol–water partition coefficient (Wildman–Crippen LogP) is 2.35. The van der Waals surface area contributed by atoms with Gasteiger partial charge in [0, 0.05) is 17.8 Å². The summed E-state index contributed by atoms with van der Waals surface area (Å²) in [6, 6.07) is 8.68. The monoisotopic (exact) mass is 440 g/mol. The van der Waals surface area contributed by atoms with Crippen molar-refractivity contribution in [3.63, 3.8) is 0 Å². The van der Waals surface area contributed by atoms with Gasteiger partial charge in [0.15, 0.2) is 0 Å². The van der Waals surface area contributed by atoms with E-state index >= 15 is 0 Å². The van der Waals surface area contributed by atoms with Crippen molar-refractivity contribution < 1.29 is 28.6 Å². The zero-order valence-corrected chi connectivity index (χ0v) is 18.1. The van der Waals surface area contributed by atoms with E-state index < -0.39 is 23.3 Å². The number of rotatable bonds is 7. The topological polar surface area (TPSA) is 115 Å². The molecule has 0 saturated heterocycles. The lowest BCUT2D eigenvalue weighted by Gasteiger charge is -2.27. The van der Waals surface area contributed by atoms with Gasteiger partial charge in [-0.3, -0.25) is 4.79 Å². The first-order valence-corrected chi connectivity index (χ1v) is 10.2. The van der Waals surface area contributed by atoms with Crippen molar-refractivity contribution >= 4 is 23.1 Å². The summed E-state index contributed by atoms with van der Waals surface area (Å²) in [5, 5.41) is 7.75. The van der Waals surface area contributed by atoms with Crippen molar-refractivity contribution in [2.75, 3.05) is 14.2 Å². The maximum absolute atomic E-state index is 13.1. The van der Waals surface area contributed by atoms with Crippen LogP contribution in [0.5, 0.6) is 11.5 Å². The van der Waals surface area contributed by atoms with Gasteiger partial charge in [-0.15, -0.1) is 5.10 Å². The van der Waals surface area contributed by atoms with Gasteiger partial charge < -0.3 is 19.0 Å². The molecule has 10 nitrogen and oxygen atoms in total. The molecule has 0 N–H and O–H groups in total. The van der Waals surface area contributed by atoms with Crippen LogP contribution in [0, 0.1) is 11.3 Å². The number of hydrogen-bond acceptors (Lipinski definition) is 9. The second kappa shape index (κ2) is 8.81. The van der Waals surface area contributed by atoms with Crippen LogP contribution in [0.1, 0.15) is 31.7 Å². The summed E-state index contributed by atoms with van der Waals surface area (Å²) in [7, 11) is 3.10. The van der Waals surface area contributed by atoms with Gasteiger partial charge in [-0.1, -0.05) is 6.42 Å². The van der Waals surface area contributed by atoms with Gasteiger partial charge in [-0.05, 0) is 54.1 Å². The van der Waals surface area contributed by atoms with Gasteiger partial charge >= 0.3 is 11.9 Å². The van der Waals surface area contributed by atoms with Gasteiger partial charge in [0.25, 0.3) is 0 Å². The standard InChI is InChI=1S/C22H24N4O6/c1-22(21(28)31-13-14-8-9-15(29-2)12-18(14)30-3)10-4-6-16(22)20(27)32-26-19-17(24-25-26)7-5-11-23-19/h5,7-9,11-12,16H,4,6,10,13H2,1-3H3/t16?,22-/m0/s1. The fourth-order valence-electron chi connectivity index (χ4n) is 4.02. The molecule has 0 amide bonds. The molecule has 1 aliphatic rings. The smallest absolute Gasteiger partial charge is 0.339 e. The van der Waals surface area contributed by atoms with Crippen molar-refractivity contribution in [1.82, 2.24) is 20.1 Å². The third-order valence-corrected chi connectivity index (χ3v) is 5.92. The minimum Gasteiger partial charge on any atom is -0.497 e. The summed E-state index contributed by atoms with van der Waals surface area (Å²) in [5.74, 6) is -0.513. The number of benzene rings is 1. The minimum atomic E-state index is -1.01. The van der Waals surface area contributed by atoms with Crippen LogP contribution in [-0.2, 0) is 20.9 Å². The Kier molecular flexibility index (Phi) is 5.93. The quantitative estimate of drug-likeness (QED) is 0.403. The predicted molar refractivity (Wildman–Crippen MR) is 112 cm³/mol. The van der Waals surface area contributed by atoms with E-state index in [1.807, 2.05) is 0 Å². The molecule has 32 heavy (non-hydrogen) atoms. The number of carbonyl (C=O) groups is 2. The number of aromatic nitrogens is 4. The molecular formula is C22H24N4O6. The molecule has 0 radical (unpaired) electrons. The van der Waals surface area contributed by atoms with E-state index in [1.165, 1.54) is 7.11 Å². The van der Waals surface area contributed by atoms with E-state index in [0.717, 1.165) is 4.85 Å². The molecule has 10 heteroatoms. The first kappa shape index (κ1) is 21.5. The third kappa shape index (κ3) is 3.95. The second-order valence-electron chi connectivity index (χ2n) is 7.84. The highest BCUT2D eigenvalue weighted by atomic mass is 16.7. The molecule has 2 aromatic heterocycles. The van der Waals surface area contributed by atoms with Crippen LogP contribution in [0.2, 0.25) is 0 Å². The molecule has 0 spiro atoms. The number of esters is 1. The average molecular weight is 440 g/mol. The van der Waals surface area contributed by atoms with Crippen LogP contribution < -0.4 is 14.3 Å². The molecule has 1 unspecified atom stereocenters. The lowest BCUT2D eigenvalue weighted by molar-refractivity contribution is -0.168. The Bertz CT molecular complexity index is 1150.